The predicted molar refractivity (Wildman–Crippen MR) is 84.0 cm³/mol. The van der Waals surface area contributed by atoms with Crippen LogP contribution in [0.5, 0.6) is 0 Å². The van der Waals surface area contributed by atoms with E-state index in [0.717, 1.165) is 10.2 Å². The lowest BCUT2D eigenvalue weighted by molar-refractivity contribution is 0.102. The Morgan fingerprint density at radius 1 is 1.15 bits per heavy atom. The number of carbonyl (C=O) groups excluding carboxylic acids is 1. The molecule has 2 aromatic carbocycles. The van der Waals surface area contributed by atoms with Crippen molar-refractivity contribution in [2.45, 2.75) is 0 Å². The van der Waals surface area contributed by atoms with Crippen molar-refractivity contribution in [1.29, 1.82) is 0 Å². The van der Waals surface area contributed by atoms with Gasteiger partial charge in [0, 0.05) is 10.7 Å². The zero-order valence-corrected chi connectivity index (χ0v) is 12.4. The van der Waals surface area contributed by atoms with E-state index in [2.05, 4.69) is 10.3 Å². The maximum atomic E-state index is 12.2. The zero-order chi connectivity index (χ0) is 14.1. The van der Waals surface area contributed by atoms with Crippen LogP contribution in [0.25, 0.3) is 10.2 Å². The summed E-state index contributed by atoms with van der Waals surface area (Å²) in [5, 5.41) is 3.64. The van der Waals surface area contributed by atoms with Crippen LogP contribution in [0.15, 0.2) is 41.9 Å². The molecular formula is C14H8Cl2N2OS. The summed E-state index contributed by atoms with van der Waals surface area (Å²) in [6, 6.07) is 10.3. The minimum absolute atomic E-state index is 0.268. The van der Waals surface area contributed by atoms with Gasteiger partial charge in [-0.15, -0.1) is 11.3 Å². The fourth-order valence-corrected chi connectivity index (χ4v) is 3.02. The van der Waals surface area contributed by atoms with Crippen LogP contribution < -0.4 is 5.32 Å². The Labute approximate surface area is 129 Å². The normalized spacial score (nSPS) is 10.7. The first-order valence-electron chi connectivity index (χ1n) is 5.73. The Bertz CT molecular complexity index is 801. The second kappa shape index (κ2) is 5.40. The summed E-state index contributed by atoms with van der Waals surface area (Å²) in [5.74, 6) is -0.268. The highest BCUT2D eigenvalue weighted by Gasteiger charge is 2.11. The first-order chi connectivity index (χ1) is 9.63. The first kappa shape index (κ1) is 13.4. The van der Waals surface area contributed by atoms with Crippen molar-refractivity contribution < 1.29 is 4.79 Å². The molecule has 0 bridgehead atoms. The predicted octanol–water partition coefficient (Wildman–Crippen LogP) is 4.86. The van der Waals surface area contributed by atoms with E-state index < -0.39 is 0 Å². The highest BCUT2D eigenvalue weighted by molar-refractivity contribution is 7.16. The van der Waals surface area contributed by atoms with Gasteiger partial charge in [0.1, 0.15) is 0 Å². The van der Waals surface area contributed by atoms with Gasteiger partial charge in [-0.2, -0.15) is 0 Å². The van der Waals surface area contributed by atoms with E-state index in [1.54, 1.807) is 23.7 Å². The van der Waals surface area contributed by atoms with Gasteiger partial charge >= 0.3 is 0 Å². The van der Waals surface area contributed by atoms with E-state index in [0.29, 0.717) is 21.3 Å². The van der Waals surface area contributed by atoms with Crippen LogP contribution in [-0.4, -0.2) is 10.9 Å². The van der Waals surface area contributed by atoms with Gasteiger partial charge in [0.05, 0.1) is 26.3 Å². The minimum Gasteiger partial charge on any atom is -0.322 e. The van der Waals surface area contributed by atoms with E-state index in [9.17, 15) is 4.79 Å². The summed E-state index contributed by atoms with van der Waals surface area (Å²) in [5.41, 5.74) is 3.78. The van der Waals surface area contributed by atoms with E-state index >= 15 is 0 Å². The Morgan fingerprint density at radius 2 is 2.00 bits per heavy atom. The van der Waals surface area contributed by atoms with Gasteiger partial charge in [-0.25, -0.2) is 4.98 Å². The fourth-order valence-electron chi connectivity index (χ4n) is 1.80. The smallest absolute Gasteiger partial charge is 0.257 e. The van der Waals surface area contributed by atoms with Crippen LogP contribution in [0, 0.1) is 0 Å². The second-order valence-electron chi connectivity index (χ2n) is 4.11. The lowest BCUT2D eigenvalue weighted by Crippen LogP contribution is -2.12. The maximum Gasteiger partial charge on any atom is 0.257 e. The largest absolute Gasteiger partial charge is 0.322 e. The number of aromatic nitrogens is 1. The quantitative estimate of drug-likeness (QED) is 0.732. The molecule has 1 aromatic heterocycles. The number of fused-ring (bicyclic) bond motifs is 1. The van der Waals surface area contributed by atoms with Crippen LogP contribution in [0.2, 0.25) is 10.0 Å². The van der Waals surface area contributed by atoms with Crippen LogP contribution in [-0.2, 0) is 0 Å². The molecular weight excluding hydrogens is 315 g/mol. The second-order valence-corrected chi connectivity index (χ2v) is 5.84. The van der Waals surface area contributed by atoms with E-state index in [1.807, 2.05) is 18.2 Å². The molecule has 0 atom stereocenters. The first-order valence-corrected chi connectivity index (χ1v) is 7.37. The maximum absolute atomic E-state index is 12.2. The lowest BCUT2D eigenvalue weighted by Gasteiger charge is -2.07. The van der Waals surface area contributed by atoms with Crippen molar-refractivity contribution in [2.75, 3.05) is 5.32 Å². The molecule has 0 aliphatic rings. The van der Waals surface area contributed by atoms with Gasteiger partial charge in [0.2, 0.25) is 0 Å². The molecule has 0 saturated carbocycles. The van der Waals surface area contributed by atoms with Crippen molar-refractivity contribution in [3.05, 3.63) is 57.5 Å². The van der Waals surface area contributed by atoms with Crippen molar-refractivity contribution in [3.8, 4) is 0 Å². The van der Waals surface area contributed by atoms with Crippen molar-refractivity contribution in [1.82, 2.24) is 4.98 Å². The molecule has 0 aliphatic heterocycles. The molecule has 3 nitrogen and oxygen atoms in total. The van der Waals surface area contributed by atoms with Gasteiger partial charge in [-0.05, 0) is 36.4 Å². The lowest BCUT2D eigenvalue weighted by atomic mass is 10.2. The van der Waals surface area contributed by atoms with E-state index in [4.69, 9.17) is 23.2 Å². The Kier molecular flexibility index (Phi) is 3.61. The minimum atomic E-state index is -0.268. The van der Waals surface area contributed by atoms with Crippen molar-refractivity contribution in [3.63, 3.8) is 0 Å². The Morgan fingerprint density at radius 3 is 2.80 bits per heavy atom. The molecule has 6 heteroatoms. The number of anilines is 1. The molecule has 20 heavy (non-hydrogen) atoms. The third-order valence-corrected chi connectivity index (χ3v) is 4.10. The fraction of sp³-hybridized carbons (Fsp3) is 0. The van der Waals surface area contributed by atoms with Crippen molar-refractivity contribution in [2.24, 2.45) is 0 Å². The molecule has 3 rings (SSSR count). The molecule has 1 N–H and O–H groups in total. The SMILES string of the molecule is O=C(Nc1ccc2ncsc2c1)c1ccc(Cl)cc1Cl. The topological polar surface area (TPSA) is 42.0 Å². The Hall–Kier alpha value is -1.62. The van der Waals surface area contributed by atoms with Gasteiger partial charge in [0.25, 0.3) is 5.91 Å². The molecule has 0 fully saturated rings. The summed E-state index contributed by atoms with van der Waals surface area (Å²) in [6.45, 7) is 0. The molecule has 0 radical (unpaired) electrons. The standard InChI is InChI=1S/C14H8Cl2N2OS/c15-8-1-3-10(11(16)5-8)14(19)18-9-2-4-12-13(6-9)20-7-17-12/h1-7H,(H,18,19). The van der Waals surface area contributed by atoms with E-state index in [1.165, 1.54) is 11.3 Å². The number of rotatable bonds is 2. The van der Waals surface area contributed by atoms with Crippen LogP contribution in [0.1, 0.15) is 10.4 Å². The molecule has 0 saturated heterocycles. The number of nitrogens with zero attached hydrogens (tertiary/aromatic N) is 1. The average Bonchev–Trinajstić information content (AvgIpc) is 2.85. The molecule has 0 spiro atoms. The monoisotopic (exact) mass is 322 g/mol. The Balaban J connectivity index is 1.87. The molecule has 1 heterocycles. The van der Waals surface area contributed by atoms with Crippen molar-refractivity contribution >= 4 is 56.3 Å². The van der Waals surface area contributed by atoms with E-state index in [-0.39, 0.29) is 5.91 Å². The number of hydrogen-bond donors (Lipinski definition) is 1. The number of amides is 1. The molecule has 0 aliphatic carbocycles. The van der Waals surface area contributed by atoms with Gasteiger partial charge in [-0.1, -0.05) is 23.2 Å². The van der Waals surface area contributed by atoms with Gasteiger partial charge < -0.3 is 5.32 Å². The summed E-state index contributed by atoms with van der Waals surface area (Å²) < 4.78 is 1.02. The number of hydrogen-bond acceptors (Lipinski definition) is 3. The van der Waals surface area contributed by atoms with Crippen LogP contribution >= 0.6 is 34.5 Å². The third-order valence-electron chi connectivity index (χ3n) is 2.76. The number of carbonyl (C=O) groups is 1. The highest BCUT2D eigenvalue weighted by Crippen LogP contribution is 2.24. The average molecular weight is 323 g/mol. The summed E-state index contributed by atoms with van der Waals surface area (Å²) in [7, 11) is 0. The number of halogens is 2. The van der Waals surface area contributed by atoms with Crippen LogP contribution in [0.4, 0.5) is 5.69 Å². The zero-order valence-electron chi connectivity index (χ0n) is 10.1. The van der Waals surface area contributed by atoms with Gasteiger partial charge in [-0.3, -0.25) is 4.79 Å². The van der Waals surface area contributed by atoms with Gasteiger partial charge in [0.15, 0.2) is 0 Å². The number of benzene rings is 2. The molecule has 100 valence electrons. The molecule has 1 amide bonds. The summed E-state index contributed by atoms with van der Waals surface area (Å²) in [4.78, 5) is 16.4. The third kappa shape index (κ3) is 2.63. The molecule has 3 aromatic rings. The number of thiazole rings is 1. The summed E-state index contributed by atoms with van der Waals surface area (Å²) >= 11 is 13.4. The highest BCUT2D eigenvalue weighted by atomic mass is 35.5. The molecule has 0 unspecified atom stereocenters. The number of nitrogens with one attached hydrogen (secondary N) is 1. The summed E-state index contributed by atoms with van der Waals surface area (Å²) in [6.07, 6.45) is 0. The van der Waals surface area contributed by atoms with Crippen LogP contribution in [0.3, 0.4) is 0 Å².